The SMILES string of the molecule is c1cncc(-c2cc(-c3cccc(-c4cc(-c5cccnc5)cc(-n5c6ccccc6c6ccc(OCC7CO7)cc65)c4)c3)cc(-n3c4ccccc4c4ccc(OCC5CO5)cc43)c2)c1. The minimum absolute atomic E-state index is 0.167. The van der Waals surface area contributed by atoms with Crippen LogP contribution in [0.5, 0.6) is 11.5 Å². The summed E-state index contributed by atoms with van der Waals surface area (Å²) in [5.41, 5.74) is 15.1. The second kappa shape index (κ2) is 15.9. The number of hydrogen-bond acceptors (Lipinski definition) is 6. The van der Waals surface area contributed by atoms with Crippen LogP contribution in [0.2, 0.25) is 0 Å². The Labute approximate surface area is 380 Å². The molecule has 0 bridgehead atoms. The quantitative estimate of drug-likeness (QED) is 0.114. The molecular formula is C58H42N4O4. The summed E-state index contributed by atoms with van der Waals surface area (Å²) in [6.07, 6.45) is 7.86. The molecule has 318 valence electrons. The Morgan fingerprint density at radius 1 is 0.394 bits per heavy atom. The van der Waals surface area contributed by atoms with Crippen LogP contribution in [0.4, 0.5) is 0 Å². The van der Waals surface area contributed by atoms with Crippen molar-refractivity contribution in [3.8, 4) is 67.4 Å². The second-order valence-electron chi connectivity index (χ2n) is 17.2. The topological polar surface area (TPSA) is 79.2 Å². The number of para-hydroxylation sites is 2. The molecule has 8 nitrogen and oxygen atoms in total. The van der Waals surface area contributed by atoms with Crippen molar-refractivity contribution in [3.63, 3.8) is 0 Å². The zero-order valence-corrected chi connectivity index (χ0v) is 35.9. The Kier molecular flexibility index (Phi) is 9.25. The van der Waals surface area contributed by atoms with Gasteiger partial charge in [0, 0.05) is 81.0 Å². The highest BCUT2D eigenvalue weighted by molar-refractivity contribution is 6.11. The molecule has 11 aromatic rings. The van der Waals surface area contributed by atoms with Crippen LogP contribution in [0.1, 0.15) is 0 Å². The van der Waals surface area contributed by atoms with E-state index < -0.39 is 0 Å². The predicted molar refractivity (Wildman–Crippen MR) is 263 cm³/mol. The largest absolute Gasteiger partial charge is 0.491 e. The molecule has 2 atom stereocenters. The smallest absolute Gasteiger partial charge is 0.121 e. The van der Waals surface area contributed by atoms with E-state index in [-0.39, 0.29) is 12.2 Å². The summed E-state index contributed by atoms with van der Waals surface area (Å²) in [7, 11) is 0. The van der Waals surface area contributed by atoms with Crippen molar-refractivity contribution in [2.24, 2.45) is 0 Å². The zero-order valence-electron chi connectivity index (χ0n) is 35.9. The van der Waals surface area contributed by atoms with Crippen molar-refractivity contribution in [2.75, 3.05) is 26.4 Å². The molecule has 0 N–H and O–H groups in total. The fourth-order valence-corrected chi connectivity index (χ4v) is 9.44. The van der Waals surface area contributed by atoms with E-state index in [0.29, 0.717) is 13.2 Å². The summed E-state index contributed by atoms with van der Waals surface area (Å²) < 4.78 is 28.1. The van der Waals surface area contributed by atoms with Crippen LogP contribution in [0.3, 0.4) is 0 Å². The molecule has 0 amide bonds. The maximum absolute atomic E-state index is 6.24. The number of pyridine rings is 2. The summed E-state index contributed by atoms with van der Waals surface area (Å²) in [5.74, 6) is 1.65. The van der Waals surface area contributed by atoms with Crippen molar-refractivity contribution in [2.45, 2.75) is 12.2 Å². The minimum atomic E-state index is 0.167. The van der Waals surface area contributed by atoms with E-state index in [1.165, 1.54) is 21.5 Å². The Balaban J connectivity index is 0.978. The first-order valence-corrected chi connectivity index (χ1v) is 22.4. The zero-order chi connectivity index (χ0) is 43.6. The third kappa shape index (κ3) is 7.13. The van der Waals surface area contributed by atoms with E-state index in [0.717, 1.165) is 103 Å². The van der Waals surface area contributed by atoms with E-state index in [1.807, 2.05) is 36.9 Å². The van der Waals surface area contributed by atoms with Gasteiger partial charge in [0.25, 0.3) is 0 Å². The molecule has 6 heterocycles. The Morgan fingerprint density at radius 3 is 1.24 bits per heavy atom. The molecule has 2 fully saturated rings. The van der Waals surface area contributed by atoms with Crippen LogP contribution in [0, 0.1) is 0 Å². The van der Waals surface area contributed by atoms with Crippen LogP contribution < -0.4 is 9.47 Å². The van der Waals surface area contributed by atoms with Crippen molar-refractivity contribution in [1.82, 2.24) is 19.1 Å². The van der Waals surface area contributed by atoms with Crippen LogP contribution in [0.25, 0.3) is 99.5 Å². The van der Waals surface area contributed by atoms with Gasteiger partial charge in [0.15, 0.2) is 0 Å². The first-order chi connectivity index (χ1) is 32.7. The highest BCUT2D eigenvalue weighted by Gasteiger charge is 2.25. The monoisotopic (exact) mass is 858 g/mol. The van der Waals surface area contributed by atoms with E-state index in [1.54, 1.807) is 0 Å². The molecule has 2 aliphatic rings. The lowest BCUT2D eigenvalue weighted by Crippen LogP contribution is -2.04. The normalized spacial score (nSPS) is 15.5. The van der Waals surface area contributed by atoms with Crippen molar-refractivity contribution < 1.29 is 18.9 Å². The van der Waals surface area contributed by atoms with Gasteiger partial charge in [-0.25, -0.2) is 0 Å². The predicted octanol–water partition coefficient (Wildman–Crippen LogP) is 12.9. The van der Waals surface area contributed by atoms with Gasteiger partial charge in [0.2, 0.25) is 0 Å². The molecule has 2 saturated heterocycles. The maximum atomic E-state index is 6.24. The van der Waals surface area contributed by atoms with Gasteiger partial charge in [-0.3, -0.25) is 9.97 Å². The van der Waals surface area contributed by atoms with Crippen LogP contribution >= 0.6 is 0 Å². The number of fused-ring (bicyclic) bond motifs is 6. The lowest BCUT2D eigenvalue weighted by atomic mass is 9.94. The third-order valence-electron chi connectivity index (χ3n) is 12.8. The Morgan fingerprint density at radius 2 is 0.803 bits per heavy atom. The molecule has 0 radical (unpaired) electrons. The van der Waals surface area contributed by atoms with Crippen LogP contribution in [-0.4, -0.2) is 57.7 Å². The van der Waals surface area contributed by atoms with E-state index >= 15 is 0 Å². The number of benzene rings is 7. The maximum Gasteiger partial charge on any atom is 0.121 e. The van der Waals surface area contributed by atoms with Gasteiger partial charge in [0.05, 0.1) is 35.3 Å². The van der Waals surface area contributed by atoms with Gasteiger partial charge in [-0.15, -0.1) is 0 Å². The second-order valence-corrected chi connectivity index (χ2v) is 17.2. The number of epoxide rings is 2. The van der Waals surface area contributed by atoms with Gasteiger partial charge in [-0.05, 0) is 124 Å². The number of hydrogen-bond donors (Lipinski definition) is 0. The lowest BCUT2D eigenvalue weighted by molar-refractivity contribution is 0.263. The van der Waals surface area contributed by atoms with Crippen molar-refractivity contribution >= 4 is 43.6 Å². The van der Waals surface area contributed by atoms with Gasteiger partial charge in [-0.2, -0.15) is 0 Å². The number of ether oxygens (including phenoxy) is 4. The van der Waals surface area contributed by atoms with Gasteiger partial charge in [0.1, 0.15) is 36.9 Å². The molecule has 2 aliphatic heterocycles. The molecular weight excluding hydrogens is 817 g/mol. The molecule has 13 rings (SSSR count). The third-order valence-corrected chi connectivity index (χ3v) is 12.8. The first-order valence-electron chi connectivity index (χ1n) is 22.4. The fraction of sp³-hybridized carbons (Fsp3) is 0.103. The number of nitrogens with zero attached hydrogens (tertiary/aromatic N) is 4. The van der Waals surface area contributed by atoms with Crippen LogP contribution in [-0.2, 0) is 9.47 Å². The van der Waals surface area contributed by atoms with E-state index in [9.17, 15) is 0 Å². The number of rotatable bonds is 12. The lowest BCUT2D eigenvalue weighted by Gasteiger charge is -2.16. The van der Waals surface area contributed by atoms with Crippen LogP contribution in [0.15, 0.2) is 195 Å². The average molecular weight is 859 g/mol. The summed E-state index contributed by atoms with van der Waals surface area (Å²) >= 11 is 0. The summed E-state index contributed by atoms with van der Waals surface area (Å²) in [4.78, 5) is 9.07. The van der Waals surface area contributed by atoms with Crippen molar-refractivity contribution in [1.29, 1.82) is 0 Å². The molecule has 7 aromatic carbocycles. The van der Waals surface area contributed by atoms with Gasteiger partial charge >= 0.3 is 0 Å². The average Bonchev–Trinajstić information content (AvgIpc) is 4.33. The number of aromatic nitrogens is 4. The van der Waals surface area contributed by atoms with Crippen molar-refractivity contribution in [3.05, 3.63) is 195 Å². The molecule has 4 aromatic heterocycles. The Hall–Kier alpha value is -8.04. The molecule has 8 heteroatoms. The molecule has 66 heavy (non-hydrogen) atoms. The minimum Gasteiger partial charge on any atom is -0.491 e. The summed E-state index contributed by atoms with van der Waals surface area (Å²) in [6.45, 7) is 2.58. The Bertz CT molecular complexity index is 3390. The summed E-state index contributed by atoms with van der Waals surface area (Å²) in [6, 6.07) is 60.9. The standard InChI is InChI=1S/C58H42N4O4/c1-3-14-55-51(12-1)53-18-16-47(63-33-49-35-65-49)29-57(53)61(55)45-25-41(23-43(27-45)39-10-6-20-59-31-39)37-8-5-9-38(22-37)42-24-44(40-11-7-21-60-32-40)28-46(26-42)62-56-15-4-2-13-52(56)54-19-17-48(30-58(54)62)64-34-50-36-66-50/h1-32,49-50H,33-36H2. The highest BCUT2D eigenvalue weighted by Crippen LogP contribution is 2.41. The van der Waals surface area contributed by atoms with Gasteiger partial charge in [-0.1, -0.05) is 66.7 Å². The molecule has 0 aliphatic carbocycles. The fourth-order valence-electron chi connectivity index (χ4n) is 9.44. The first kappa shape index (κ1) is 38.4. The molecule has 0 saturated carbocycles. The highest BCUT2D eigenvalue weighted by atomic mass is 16.6. The van der Waals surface area contributed by atoms with E-state index in [4.69, 9.17) is 18.9 Å². The van der Waals surface area contributed by atoms with E-state index in [2.05, 4.69) is 177 Å². The molecule has 0 spiro atoms. The molecule has 2 unspecified atom stereocenters. The summed E-state index contributed by atoms with van der Waals surface area (Å²) in [5, 5.41) is 4.70. The van der Waals surface area contributed by atoms with Gasteiger partial charge < -0.3 is 28.1 Å².